The molecule has 0 aliphatic carbocycles. The van der Waals surface area contributed by atoms with Crippen molar-refractivity contribution < 1.29 is 30.7 Å². The van der Waals surface area contributed by atoms with Gasteiger partial charge in [-0.25, -0.2) is 21.9 Å². The molecule has 0 bridgehead atoms. The van der Waals surface area contributed by atoms with Gasteiger partial charge in [0.2, 0.25) is 10.0 Å². The van der Waals surface area contributed by atoms with Crippen molar-refractivity contribution >= 4 is 20.9 Å². The minimum absolute atomic E-state index is 0.112. The number of rotatable bonds is 9. The fraction of sp³-hybridized carbons (Fsp3) is 0.167. The highest BCUT2D eigenvalue weighted by molar-refractivity contribution is 7.89. The van der Waals surface area contributed by atoms with E-state index < -0.39 is 36.0 Å². The predicted molar refractivity (Wildman–Crippen MR) is 124 cm³/mol. The maximum Gasteiger partial charge on any atom is 0.387 e. The number of sulfonamides is 1. The van der Waals surface area contributed by atoms with E-state index in [0.29, 0.717) is 16.6 Å². The fourth-order valence-electron chi connectivity index (χ4n) is 3.72. The summed E-state index contributed by atoms with van der Waals surface area (Å²) in [5, 5.41) is 10.4. The summed E-state index contributed by atoms with van der Waals surface area (Å²) in [5.41, 5.74) is 1.64. The van der Waals surface area contributed by atoms with Gasteiger partial charge in [-0.15, -0.1) is 0 Å². The Labute approximate surface area is 203 Å². The summed E-state index contributed by atoms with van der Waals surface area (Å²) in [5.74, 6) is -0.112. The summed E-state index contributed by atoms with van der Waals surface area (Å²) in [6.07, 6.45) is 1.00. The minimum Gasteiger partial charge on any atom is -0.435 e. The number of halogens is 4. The first kappa shape index (κ1) is 25.2. The highest BCUT2D eigenvalue weighted by Gasteiger charge is 2.24. The third kappa shape index (κ3) is 4.89. The van der Waals surface area contributed by atoms with Gasteiger partial charge in [0.15, 0.2) is 0 Å². The molecule has 4 aromatic rings. The number of pyridine rings is 1. The number of fused-ring (bicyclic) bond motifs is 1. The van der Waals surface area contributed by atoms with Gasteiger partial charge in [0.1, 0.15) is 30.1 Å². The molecule has 1 N–H and O–H groups in total. The maximum absolute atomic E-state index is 12.8. The van der Waals surface area contributed by atoms with Crippen molar-refractivity contribution in [3.05, 3.63) is 72.4 Å². The van der Waals surface area contributed by atoms with Crippen LogP contribution in [0.4, 0.5) is 17.6 Å². The molecule has 0 aliphatic heterocycles. The van der Waals surface area contributed by atoms with E-state index in [1.54, 1.807) is 34.9 Å². The van der Waals surface area contributed by atoms with Crippen LogP contribution in [-0.4, -0.2) is 44.0 Å². The van der Waals surface area contributed by atoms with Gasteiger partial charge in [0, 0.05) is 23.3 Å². The van der Waals surface area contributed by atoms with Crippen LogP contribution in [0.15, 0.2) is 71.8 Å². The average molecular weight is 518 g/mol. The summed E-state index contributed by atoms with van der Waals surface area (Å²) in [6.45, 7) is -5.49. The van der Waals surface area contributed by atoms with Crippen LogP contribution in [0.3, 0.4) is 0 Å². The summed E-state index contributed by atoms with van der Waals surface area (Å²) >= 11 is 0. The molecule has 0 radical (unpaired) electrons. The Morgan fingerprint density at radius 3 is 2.36 bits per heavy atom. The molecule has 36 heavy (non-hydrogen) atoms. The zero-order valence-corrected chi connectivity index (χ0v) is 19.2. The first-order chi connectivity index (χ1) is 17.3. The number of nitrogens with one attached hydrogen (secondary N) is 1. The lowest BCUT2D eigenvalue weighted by molar-refractivity contribution is -0.0497. The van der Waals surface area contributed by atoms with Gasteiger partial charge in [-0.05, 0) is 36.4 Å². The van der Waals surface area contributed by atoms with Gasteiger partial charge < -0.3 is 9.30 Å². The van der Waals surface area contributed by atoms with E-state index in [4.69, 9.17) is 0 Å². The second-order valence-electron chi connectivity index (χ2n) is 7.57. The SMILES string of the molecule is N#Cc1c(-c2ccc(S(=O)(=O)NC(CF)CF)cn2)n(-c2ccccc2)c2cc(OC(F)F)ccc12. The predicted octanol–water partition coefficient (Wildman–Crippen LogP) is 4.75. The molecule has 0 saturated carbocycles. The van der Waals surface area contributed by atoms with Crippen LogP contribution >= 0.6 is 0 Å². The lowest BCUT2D eigenvalue weighted by Gasteiger charge is -2.13. The Balaban J connectivity index is 1.90. The number of aromatic nitrogens is 2. The molecule has 0 spiro atoms. The summed E-state index contributed by atoms with van der Waals surface area (Å²) < 4.78 is 84.3. The second-order valence-corrected chi connectivity index (χ2v) is 9.28. The molecule has 12 heteroatoms. The van der Waals surface area contributed by atoms with Crippen molar-refractivity contribution in [3.63, 3.8) is 0 Å². The van der Waals surface area contributed by atoms with Crippen LogP contribution in [-0.2, 0) is 10.0 Å². The van der Waals surface area contributed by atoms with E-state index >= 15 is 0 Å². The quantitative estimate of drug-likeness (QED) is 0.323. The van der Waals surface area contributed by atoms with Crippen molar-refractivity contribution in [1.82, 2.24) is 14.3 Å². The number of para-hydroxylation sites is 1. The van der Waals surface area contributed by atoms with Crippen molar-refractivity contribution in [3.8, 4) is 28.9 Å². The van der Waals surface area contributed by atoms with Crippen molar-refractivity contribution in [2.45, 2.75) is 17.5 Å². The molecule has 0 amide bonds. The van der Waals surface area contributed by atoms with Crippen LogP contribution in [0.1, 0.15) is 5.56 Å². The van der Waals surface area contributed by atoms with Crippen LogP contribution < -0.4 is 9.46 Å². The largest absolute Gasteiger partial charge is 0.435 e. The Morgan fingerprint density at radius 1 is 1.06 bits per heavy atom. The Morgan fingerprint density at radius 2 is 1.78 bits per heavy atom. The van der Waals surface area contributed by atoms with Crippen LogP contribution in [0.5, 0.6) is 5.75 Å². The summed E-state index contributed by atoms with van der Waals surface area (Å²) in [4.78, 5) is 3.88. The number of ether oxygens (including phenoxy) is 1. The van der Waals surface area contributed by atoms with Crippen LogP contribution in [0.25, 0.3) is 28.0 Å². The first-order valence-electron chi connectivity index (χ1n) is 10.5. The van der Waals surface area contributed by atoms with Crippen LogP contribution in [0, 0.1) is 11.3 Å². The van der Waals surface area contributed by atoms with E-state index in [-0.39, 0.29) is 27.6 Å². The van der Waals surface area contributed by atoms with Gasteiger partial charge >= 0.3 is 6.61 Å². The maximum atomic E-state index is 12.8. The number of hydrogen-bond acceptors (Lipinski definition) is 5. The van der Waals surface area contributed by atoms with E-state index in [2.05, 4.69) is 15.8 Å². The number of benzene rings is 2. The monoisotopic (exact) mass is 518 g/mol. The fourth-order valence-corrected chi connectivity index (χ4v) is 4.86. The van der Waals surface area contributed by atoms with Crippen molar-refractivity contribution in [2.75, 3.05) is 13.3 Å². The highest BCUT2D eigenvalue weighted by atomic mass is 32.2. The molecule has 0 saturated heterocycles. The summed E-state index contributed by atoms with van der Waals surface area (Å²) in [6, 6.07) is 16.0. The van der Waals surface area contributed by atoms with E-state index in [9.17, 15) is 31.2 Å². The minimum atomic E-state index is -4.25. The molecule has 2 aromatic carbocycles. The molecule has 7 nitrogen and oxygen atoms in total. The van der Waals surface area contributed by atoms with E-state index in [0.717, 1.165) is 6.20 Å². The standard InChI is InChI=1S/C24H18F4N4O3S/c25-11-15(12-26)31-36(33,34)18-7-9-21(30-14-18)23-20(13-29)19-8-6-17(35-24(27)28)10-22(19)32(23)16-4-2-1-3-5-16/h1-10,14-15,24,31H,11-12H2. The smallest absolute Gasteiger partial charge is 0.387 e. The first-order valence-corrected chi connectivity index (χ1v) is 12.0. The number of nitriles is 1. The molecule has 2 heterocycles. The van der Waals surface area contributed by atoms with Crippen molar-refractivity contribution in [1.29, 1.82) is 5.26 Å². The normalized spacial score (nSPS) is 11.8. The zero-order chi connectivity index (χ0) is 25.9. The molecule has 186 valence electrons. The Bertz CT molecular complexity index is 1520. The molecule has 2 aromatic heterocycles. The van der Waals surface area contributed by atoms with Crippen LogP contribution in [0.2, 0.25) is 0 Å². The third-order valence-electron chi connectivity index (χ3n) is 5.27. The third-order valence-corrected chi connectivity index (χ3v) is 6.78. The molecule has 4 rings (SSSR count). The molecule has 0 aliphatic rings. The second kappa shape index (κ2) is 10.3. The summed E-state index contributed by atoms with van der Waals surface area (Å²) in [7, 11) is -4.25. The molecule has 0 atom stereocenters. The van der Waals surface area contributed by atoms with Crippen molar-refractivity contribution in [2.24, 2.45) is 0 Å². The van der Waals surface area contributed by atoms with E-state index in [1.165, 1.54) is 30.3 Å². The number of nitrogens with zero attached hydrogens (tertiary/aromatic N) is 3. The zero-order valence-electron chi connectivity index (χ0n) is 18.4. The van der Waals surface area contributed by atoms with Gasteiger partial charge in [-0.1, -0.05) is 18.2 Å². The number of hydrogen-bond donors (Lipinski definition) is 1. The Hall–Kier alpha value is -3.95. The molecular formula is C24H18F4N4O3S. The average Bonchev–Trinajstić information content (AvgIpc) is 3.21. The van der Waals surface area contributed by atoms with Gasteiger partial charge in [0.25, 0.3) is 0 Å². The van der Waals surface area contributed by atoms with Gasteiger partial charge in [-0.2, -0.15) is 14.0 Å². The lowest BCUT2D eigenvalue weighted by atomic mass is 10.1. The number of alkyl halides is 4. The molecule has 0 fully saturated rings. The highest BCUT2D eigenvalue weighted by Crippen LogP contribution is 2.37. The van der Waals surface area contributed by atoms with E-state index in [1.807, 2.05) is 4.72 Å². The lowest BCUT2D eigenvalue weighted by Crippen LogP contribution is -2.37. The van der Waals surface area contributed by atoms with Gasteiger partial charge in [0.05, 0.1) is 28.5 Å². The Kier molecular flexibility index (Phi) is 7.23. The van der Waals surface area contributed by atoms with Gasteiger partial charge in [-0.3, -0.25) is 4.98 Å². The molecular weight excluding hydrogens is 500 g/mol. The topological polar surface area (TPSA) is 97.0 Å². The molecule has 0 unspecified atom stereocenters.